The fourth-order valence-electron chi connectivity index (χ4n) is 2.27. The van der Waals surface area contributed by atoms with Gasteiger partial charge in [-0.05, 0) is 24.6 Å². The Labute approximate surface area is 134 Å². The minimum Gasteiger partial charge on any atom is -0.491 e. The first kappa shape index (κ1) is 15.6. The van der Waals surface area contributed by atoms with E-state index in [0.717, 1.165) is 18.7 Å². The number of rotatable bonds is 8. The van der Waals surface area contributed by atoms with Gasteiger partial charge in [0.2, 0.25) is 6.79 Å². The topological polar surface area (TPSA) is 77.8 Å². The fraction of sp³-hybridized carbons (Fsp3) is 0.438. The minimum absolute atomic E-state index is 0.216. The lowest BCUT2D eigenvalue weighted by molar-refractivity contribution is 0.106. The number of hydrogen-bond acceptors (Lipinski definition) is 6. The van der Waals surface area contributed by atoms with Gasteiger partial charge in [0.1, 0.15) is 18.5 Å². The third kappa shape index (κ3) is 4.37. The number of hydrogen-bond donors (Lipinski definition) is 2. The monoisotopic (exact) mass is 319 g/mol. The lowest BCUT2D eigenvalue weighted by Crippen LogP contribution is -2.33. The highest BCUT2D eigenvalue weighted by atomic mass is 16.7. The summed E-state index contributed by atoms with van der Waals surface area (Å²) < 4.78 is 18.0. The van der Waals surface area contributed by atoms with Gasteiger partial charge in [0.25, 0.3) is 0 Å². The zero-order valence-electron chi connectivity index (χ0n) is 13.1. The number of aryl methyl sites for hydroxylation is 1. The molecular formula is C16H21N3O4. The summed E-state index contributed by atoms with van der Waals surface area (Å²) in [6.45, 7) is 4.43. The van der Waals surface area contributed by atoms with Crippen molar-refractivity contribution in [3.63, 3.8) is 0 Å². The van der Waals surface area contributed by atoms with Gasteiger partial charge in [-0.3, -0.25) is 4.68 Å². The van der Waals surface area contributed by atoms with E-state index in [4.69, 9.17) is 14.2 Å². The molecular weight excluding hydrogens is 298 g/mol. The van der Waals surface area contributed by atoms with Gasteiger partial charge in [-0.15, -0.1) is 0 Å². The van der Waals surface area contributed by atoms with E-state index in [9.17, 15) is 5.11 Å². The minimum atomic E-state index is -0.584. The van der Waals surface area contributed by atoms with Crippen LogP contribution in [-0.4, -0.2) is 47.5 Å². The molecule has 2 aromatic rings. The van der Waals surface area contributed by atoms with E-state index in [2.05, 4.69) is 10.4 Å². The molecule has 0 aliphatic carbocycles. The highest BCUT2D eigenvalue weighted by Gasteiger charge is 2.14. The zero-order chi connectivity index (χ0) is 16.1. The maximum absolute atomic E-state index is 9.94. The van der Waals surface area contributed by atoms with Gasteiger partial charge >= 0.3 is 0 Å². The molecule has 2 heterocycles. The fourth-order valence-corrected chi connectivity index (χ4v) is 2.27. The quantitative estimate of drug-likeness (QED) is 0.706. The first-order chi connectivity index (χ1) is 11.2. The molecule has 0 saturated heterocycles. The molecule has 1 aromatic heterocycles. The van der Waals surface area contributed by atoms with Crippen LogP contribution in [0.5, 0.6) is 17.2 Å². The van der Waals surface area contributed by atoms with E-state index in [1.807, 2.05) is 24.0 Å². The molecule has 23 heavy (non-hydrogen) atoms. The van der Waals surface area contributed by atoms with E-state index in [1.165, 1.54) is 0 Å². The summed E-state index contributed by atoms with van der Waals surface area (Å²) in [6.07, 6.45) is 3.23. The molecule has 7 nitrogen and oxygen atoms in total. The van der Waals surface area contributed by atoms with Gasteiger partial charge < -0.3 is 24.6 Å². The summed E-state index contributed by atoms with van der Waals surface area (Å²) in [7, 11) is 0. The predicted molar refractivity (Wildman–Crippen MR) is 83.9 cm³/mol. The summed E-state index contributed by atoms with van der Waals surface area (Å²) in [4.78, 5) is 0. The van der Waals surface area contributed by atoms with E-state index in [-0.39, 0.29) is 13.4 Å². The molecule has 2 N–H and O–H groups in total. The van der Waals surface area contributed by atoms with Crippen LogP contribution in [-0.2, 0) is 6.54 Å². The van der Waals surface area contributed by atoms with Crippen molar-refractivity contribution in [2.75, 3.05) is 26.5 Å². The number of nitrogens with zero attached hydrogens (tertiary/aromatic N) is 2. The molecule has 1 aliphatic heterocycles. The van der Waals surface area contributed by atoms with Crippen molar-refractivity contribution < 1.29 is 19.3 Å². The number of fused-ring (bicyclic) bond motifs is 1. The number of aliphatic hydroxyl groups is 1. The largest absolute Gasteiger partial charge is 0.491 e. The van der Waals surface area contributed by atoms with Crippen molar-refractivity contribution in [2.24, 2.45) is 0 Å². The second kappa shape index (κ2) is 7.34. The van der Waals surface area contributed by atoms with Gasteiger partial charge in [0.05, 0.1) is 12.7 Å². The Morgan fingerprint density at radius 3 is 3.09 bits per heavy atom. The Balaban J connectivity index is 1.34. The molecule has 0 radical (unpaired) electrons. The van der Waals surface area contributed by atoms with Crippen LogP contribution < -0.4 is 19.5 Å². The molecule has 0 saturated carbocycles. The van der Waals surface area contributed by atoms with Crippen LogP contribution in [0, 0.1) is 6.92 Å². The van der Waals surface area contributed by atoms with Crippen LogP contribution in [0.3, 0.4) is 0 Å². The Morgan fingerprint density at radius 2 is 2.26 bits per heavy atom. The average molecular weight is 319 g/mol. The second-order valence-electron chi connectivity index (χ2n) is 5.46. The molecule has 124 valence electrons. The van der Waals surface area contributed by atoms with Crippen LogP contribution >= 0.6 is 0 Å². The molecule has 0 bridgehead atoms. The van der Waals surface area contributed by atoms with E-state index in [1.54, 1.807) is 18.2 Å². The van der Waals surface area contributed by atoms with Crippen molar-refractivity contribution in [2.45, 2.75) is 19.6 Å². The van der Waals surface area contributed by atoms with Crippen molar-refractivity contribution >= 4 is 0 Å². The highest BCUT2D eigenvalue weighted by Crippen LogP contribution is 2.35. The van der Waals surface area contributed by atoms with Gasteiger partial charge in [-0.1, -0.05) is 0 Å². The molecule has 0 amide bonds. The third-order valence-electron chi connectivity index (χ3n) is 3.45. The number of aromatic nitrogens is 2. The van der Waals surface area contributed by atoms with Crippen molar-refractivity contribution in [3.05, 3.63) is 36.2 Å². The van der Waals surface area contributed by atoms with Crippen LogP contribution in [0.25, 0.3) is 0 Å². The molecule has 1 atom stereocenters. The third-order valence-corrected chi connectivity index (χ3v) is 3.45. The van der Waals surface area contributed by atoms with Crippen molar-refractivity contribution in [1.29, 1.82) is 0 Å². The average Bonchev–Trinajstić information content (AvgIpc) is 3.17. The summed E-state index contributed by atoms with van der Waals surface area (Å²) in [5, 5.41) is 17.3. The number of aliphatic hydroxyl groups excluding tert-OH is 1. The van der Waals surface area contributed by atoms with E-state index >= 15 is 0 Å². The number of nitrogens with one attached hydrogen (secondary N) is 1. The number of ether oxygens (including phenoxy) is 3. The van der Waals surface area contributed by atoms with Crippen LogP contribution in [0.15, 0.2) is 30.6 Å². The molecule has 1 aromatic carbocycles. The summed E-state index contributed by atoms with van der Waals surface area (Å²) >= 11 is 0. The molecule has 0 fully saturated rings. The first-order valence-corrected chi connectivity index (χ1v) is 7.61. The van der Waals surface area contributed by atoms with E-state index in [0.29, 0.717) is 23.8 Å². The Hall–Kier alpha value is -2.25. The van der Waals surface area contributed by atoms with Gasteiger partial charge in [0, 0.05) is 25.4 Å². The molecule has 7 heteroatoms. The van der Waals surface area contributed by atoms with Crippen molar-refractivity contribution in [1.82, 2.24) is 15.1 Å². The molecule has 1 aliphatic rings. The predicted octanol–water partition coefficient (Wildman–Crippen LogP) is 0.950. The summed E-state index contributed by atoms with van der Waals surface area (Å²) in [6, 6.07) is 5.37. The number of benzene rings is 1. The Kier molecular flexibility index (Phi) is 4.99. The maximum Gasteiger partial charge on any atom is 0.231 e. The normalized spacial score (nSPS) is 14.0. The highest BCUT2D eigenvalue weighted by molar-refractivity contribution is 5.46. The lowest BCUT2D eigenvalue weighted by Gasteiger charge is -2.13. The molecule has 0 spiro atoms. The Morgan fingerprint density at radius 1 is 1.39 bits per heavy atom. The second-order valence-corrected chi connectivity index (χ2v) is 5.46. The van der Waals surface area contributed by atoms with Gasteiger partial charge in [-0.25, -0.2) is 0 Å². The lowest BCUT2D eigenvalue weighted by atomic mass is 10.3. The summed E-state index contributed by atoms with van der Waals surface area (Å²) in [5.74, 6) is 2.04. The standard InChI is InChI=1S/C16H21N3O4/c1-12-7-18-19(9-12)5-4-17-8-13(20)10-21-14-2-3-15-16(6-14)23-11-22-15/h2-3,6-7,9,13,17,20H,4-5,8,10-11H2,1H3. The van der Waals surface area contributed by atoms with Gasteiger partial charge in [0.15, 0.2) is 11.5 Å². The van der Waals surface area contributed by atoms with Crippen molar-refractivity contribution in [3.8, 4) is 17.2 Å². The molecule has 1 unspecified atom stereocenters. The molecule has 3 rings (SSSR count). The van der Waals surface area contributed by atoms with Crippen LogP contribution in [0.1, 0.15) is 5.56 Å². The SMILES string of the molecule is Cc1cnn(CCNCC(O)COc2ccc3c(c2)OCO3)c1. The van der Waals surface area contributed by atoms with Gasteiger partial charge in [-0.2, -0.15) is 5.10 Å². The van der Waals surface area contributed by atoms with E-state index < -0.39 is 6.10 Å². The maximum atomic E-state index is 9.94. The zero-order valence-corrected chi connectivity index (χ0v) is 13.1. The smallest absolute Gasteiger partial charge is 0.231 e. The van der Waals surface area contributed by atoms with Crippen LogP contribution in [0.4, 0.5) is 0 Å². The first-order valence-electron chi connectivity index (χ1n) is 7.61. The Bertz CT molecular complexity index is 644. The summed E-state index contributed by atoms with van der Waals surface area (Å²) in [5.41, 5.74) is 1.14. The van der Waals surface area contributed by atoms with Crippen LogP contribution in [0.2, 0.25) is 0 Å².